The standard InChI is InChI=1S/C18H27FN2O2/c1-2-13-21(15-9-11-20-12-10-15)18(22)8-5-14-23-17-7-4-3-6-16(17)19/h3-4,6-7,15,20H,2,5,8-14H2,1H3. The summed E-state index contributed by atoms with van der Waals surface area (Å²) in [5.74, 6) is 0.0840. The lowest BCUT2D eigenvalue weighted by Crippen LogP contribution is -2.46. The summed E-state index contributed by atoms with van der Waals surface area (Å²) in [4.78, 5) is 14.5. The zero-order chi connectivity index (χ0) is 16.5. The highest BCUT2D eigenvalue weighted by Crippen LogP contribution is 2.17. The lowest BCUT2D eigenvalue weighted by atomic mass is 10.0. The van der Waals surface area contributed by atoms with Crippen LogP contribution in [0.15, 0.2) is 24.3 Å². The Balaban J connectivity index is 1.76. The van der Waals surface area contributed by atoms with E-state index in [1.807, 2.05) is 4.90 Å². The van der Waals surface area contributed by atoms with Crippen molar-refractivity contribution in [3.63, 3.8) is 0 Å². The number of ether oxygens (including phenoxy) is 1. The van der Waals surface area contributed by atoms with Crippen molar-refractivity contribution in [1.29, 1.82) is 0 Å². The summed E-state index contributed by atoms with van der Waals surface area (Å²) in [6, 6.07) is 6.71. The van der Waals surface area contributed by atoms with Crippen LogP contribution in [0.3, 0.4) is 0 Å². The van der Waals surface area contributed by atoms with Crippen molar-refractivity contribution in [2.75, 3.05) is 26.2 Å². The van der Waals surface area contributed by atoms with Gasteiger partial charge in [0.15, 0.2) is 11.6 Å². The van der Waals surface area contributed by atoms with Crippen molar-refractivity contribution < 1.29 is 13.9 Å². The molecule has 0 saturated carbocycles. The van der Waals surface area contributed by atoms with E-state index in [1.54, 1.807) is 18.2 Å². The van der Waals surface area contributed by atoms with Crippen molar-refractivity contribution >= 4 is 5.91 Å². The maximum atomic E-state index is 13.4. The Bertz CT molecular complexity index is 490. The number of hydrogen-bond donors (Lipinski definition) is 1. The summed E-state index contributed by atoms with van der Waals surface area (Å²) in [5.41, 5.74) is 0. The molecule has 2 rings (SSSR count). The van der Waals surface area contributed by atoms with Crippen molar-refractivity contribution in [2.24, 2.45) is 0 Å². The topological polar surface area (TPSA) is 41.6 Å². The zero-order valence-corrected chi connectivity index (χ0v) is 13.9. The Morgan fingerprint density at radius 1 is 1.35 bits per heavy atom. The highest BCUT2D eigenvalue weighted by molar-refractivity contribution is 5.76. The SMILES string of the molecule is CCCN(C(=O)CCCOc1ccccc1F)C1CCNCC1. The molecule has 1 fully saturated rings. The van der Waals surface area contributed by atoms with Gasteiger partial charge in [-0.15, -0.1) is 0 Å². The van der Waals surface area contributed by atoms with E-state index in [2.05, 4.69) is 12.2 Å². The third-order valence-corrected chi connectivity index (χ3v) is 4.16. The quantitative estimate of drug-likeness (QED) is 0.748. The van der Waals surface area contributed by atoms with Gasteiger partial charge < -0.3 is 15.0 Å². The minimum absolute atomic E-state index is 0.191. The number of carbonyl (C=O) groups excluding carboxylic acids is 1. The summed E-state index contributed by atoms with van der Waals surface area (Å²) in [7, 11) is 0. The average Bonchev–Trinajstić information content (AvgIpc) is 2.58. The van der Waals surface area contributed by atoms with Gasteiger partial charge in [0.1, 0.15) is 0 Å². The molecule has 1 aliphatic rings. The molecule has 0 bridgehead atoms. The first kappa shape index (κ1) is 17.7. The predicted octanol–water partition coefficient (Wildman–Crippen LogP) is 2.98. The van der Waals surface area contributed by atoms with Gasteiger partial charge in [-0.1, -0.05) is 19.1 Å². The number of hydrogen-bond acceptors (Lipinski definition) is 3. The second kappa shape index (κ2) is 9.50. The van der Waals surface area contributed by atoms with Crippen LogP contribution in [0, 0.1) is 5.82 Å². The van der Waals surface area contributed by atoms with E-state index in [4.69, 9.17) is 4.74 Å². The van der Waals surface area contributed by atoms with Gasteiger partial charge in [-0.05, 0) is 50.9 Å². The minimum Gasteiger partial charge on any atom is -0.491 e. The number of nitrogens with zero attached hydrogens (tertiary/aromatic N) is 1. The zero-order valence-electron chi connectivity index (χ0n) is 13.9. The molecule has 4 nitrogen and oxygen atoms in total. The maximum Gasteiger partial charge on any atom is 0.222 e. The number of rotatable bonds is 8. The van der Waals surface area contributed by atoms with E-state index in [0.717, 1.165) is 38.9 Å². The predicted molar refractivity (Wildman–Crippen MR) is 89.0 cm³/mol. The van der Waals surface area contributed by atoms with Crippen LogP contribution < -0.4 is 10.1 Å². The number of amides is 1. The first-order valence-electron chi connectivity index (χ1n) is 8.60. The molecule has 0 aromatic heterocycles. The Labute approximate surface area is 138 Å². The molecule has 0 atom stereocenters. The van der Waals surface area contributed by atoms with Crippen LogP contribution in [-0.4, -0.2) is 43.1 Å². The van der Waals surface area contributed by atoms with Crippen molar-refractivity contribution in [1.82, 2.24) is 10.2 Å². The first-order valence-corrected chi connectivity index (χ1v) is 8.60. The Hall–Kier alpha value is -1.62. The molecule has 1 aromatic rings. The third kappa shape index (κ3) is 5.50. The molecule has 1 amide bonds. The maximum absolute atomic E-state index is 13.4. The Morgan fingerprint density at radius 2 is 2.09 bits per heavy atom. The smallest absolute Gasteiger partial charge is 0.222 e. The van der Waals surface area contributed by atoms with Crippen LogP contribution in [0.4, 0.5) is 4.39 Å². The number of benzene rings is 1. The number of nitrogens with one attached hydrogen (secondary N) is 1. The molecule has 0 aliphatic carbocycles. The molecule has 5 heteroatoms. The molecule has 0 spiro atoms. The minimum atomic E-state index is -0.360. The molecule has 0 radical (unpaired) electrons. The summed E-state index contributed by atoms with van der Waals surface area (Å²) < 4.78 is 18.9. The van der Waals surface area contributed by atoms with E-state index in [1.165, 1.54) is 6.07 Å². The van der Waals surface area contributed by atoms with Gasteiger partial charge >= 0.3 is 0 Å². The van der Waals surface area contributed by atoms with Crippen molar-refractivity contribution in [2.45, 2.75) is 45.1 Å². The fraction of sp³-hybridized carbons (Fsp3) is 0.611. The highest BCUT2D eigenvalue weighted by atomic mass is 19.1. The van der Waals surface area contributed by atoms with Crippen LogP contribution in [-0.2, 0) is 4.79 Å². The second-order valence-electron chi connectivity index (χ2n) is 5.95. The fourth-order valence-corrected chi connectivity index (χ4v) is 2.98. The third-order valence-electron chi connectivity index (χ3n) is 4.16. The fourth-order valence-electron chi connectivity index (χ4n) is 2.98. The molecule has 1 heterocycles. The molecule has 1 aromatic carbocycles. The number of piperidine rings is 1. The molecule has 1 saturated heterocycles. The lowest BCUT2D eigenvalue weighted by Gasteiger charge is -2.34. The summed E-state index contributed by atoms with van der Waals surface area (Å²) in [6.45, 7) is 5.24. The van der Waals surface area contributed by atoms with E-state index in [0.29, 0.717) is 25.5 Å². The van der Waals surface area contributed by atoms with E-state index >= 15 is 0 Å². The molecular weight excluding hydrogens is 295 g/mol. The van der Waals surface area contributed by atoms with Crippen LogP contribution >= 0.6 is 0 Å². The molecular formula is C18H27FN2O2. The number of halogens is 1. The summed E-state index contributed by atoms with van der Waals surface area (Å²) in [5, 5.41) is 3.33. The summed E-state index contributed by atoms with van der Waals surface area (Å²) >= 11 is 0. The van der Waals surface area contributed by atoms with Gasteiger partial charge in [0, 0.05) is 19.0 Å². The van der Waals surface area contributed by atoms with Gasteiger partial charge in [-0.2, -0.15) is 0 Å². The summed E-state index contributed by atoms with van der Waals surface area (Å²) in [6.07, 6.45) is 4.09. The van der Waals surface area contributed by atoms with E-state index < -0.39 is 0 Å². The monoisotopic (exact) mass is 322 g/mol. The second-order valence-corrected chi connectivity index (χ2v) is 5.95. The number of carbonyl (C=O) groups is 1. The molecule has 1 aliphatic heterocycles. The largest absolute Gasteiger partial charge is 0.491 e. The number of para-hydroxylation sites is 1. The van der Waals surface area contributed by atoms with Crippen molar-refractivity contribution in [3.05, 3.63) is 30.1 Å². The highest BCUT2D eigenvalue weighted by Gasteiger charge is 2.24. The van der Waals surface area contributed by atoms with Gasteiger partial charge in [0.25, 0.3) is 0 Å². The van der Waals surface area contributed by atoms with E-state index in [-0.39, 0.29) is 17.5 Å². The molecule has 0 unspecified atom stereocenters. The molecule has 128 valence electrons. The van der Waals surface area contributed by atoms with E-state index in [9.17, 15) is 9.18 Å². The molecule has 1 N–H and O–H groups in total. The van der Waals surface area contributed by atoms with Crippen LogP contribution in [0.1, 0.15) is 39.0 Å². The van der Waals surface area contributed by atoms with Gasteiger partial charge in [-0.3, -0.25) is 4.79 Å². The average molecular weight is 322 g/mol. The van der Waals surface area contributed by atoms with Gasteiger partial charge in [0.2, 0.25) is 5.91 Å². The van der Waals surface area contributed by atoms with Crippen LogP contribution in [0.2, 0.25) is 0 Å². The van der Waals surface area contributed by atoms with Gasteiger partial charge in [-0.25, -0.2) is 4.39 Å². The Kier molecular flexibility index (Phi) is 7.33. The van der Waals surface area contributed by atoms with Crippen LogP contribution in [0.25, 0.3) is 0 Å². The van der Waals surface area contributed by atoms with Crippen LogP contribution in [0.5, 0.6) is 5.75 Å². The lowest BCUT2D eigenvalue weighted by molar-refractivity contribution is -0.134. The van der Waals surface area contributed by atoms with Crippen molar-refractivity contribution in [3.8, 4) is 5.75 Å². The first-order chi connectivity index (χ1) is 11.2. The molecule has 23 heavy (non-hydrogen) atoms. The Morgan fingerprint density at radius 3 is 2.78 bits per heavy atom. The van der Waals surface area contributed by atoms with Gasteiger partial charge in [0.05, 0.1) is 6.61 Å². The normalized spacial score (nSPS) is 15.4.